The van der Waals surface area contributed by atoms with Crippen molar-refractivity contribution in [2.24, 2.45) is 18.9 Å². The minimum absolute atomic E-state index is 0.180. The first-order valence-electron chi connectivity index (χ1n) is 5.04. The van der Waals surface area contributed by atoms with Crippen molar-refractivity contribution in [3.8, 4) is 0 Å². The minimum Gasteiger partial charge on any atom is -0.481 e. The zero-order chi connectivity index (χ0) is 11.0. The molecule has 1 fully saturated rings. The van der Waals surface area contributed by atoms with Crippen LogP contribution in [0, 0.1) is 11.8 Å². The normalized spacial score (nSPS) is 25.9. The molecule has 1 saturated heterocycles. The van der Waals surface area contributed by atoms with Crippen LogP contribution in [-0.2, 0) is 11.8 Å². The van der Waals surface area contributed by atoms with E-state index in [4.69, 9.17) is 5.11 Å². The second-order valence-electron chi connectivity index (χ2n) is 4.17. The van der Waals surface area contributed by atoms with E-state index in [1.54, 1.807) is 6.20 Å². The number of aromatic nitrogens is 2. The summed E-state index contributed by atoms with van der Waals surface area (Å²) in [5, 5.41) is 9.01. The van der Waals surface area contributed by atoms with E-state index in [0.29, 0.717) is 6.54 Å². The van der Waals surface area contributed by atoms with Crippen molar-refractivity contribution in [3.63, 3.8) is 0 Å². The Bertz CT molecular complexity index is 374. The summed E-state index contributed by atoms with van der Waals surface area (Å²) in [5.74, 6) is 0.0470. The van der Waals surface area contributed by atoms with Gasteiger partial charge >= 0.3 is 5.97 Å². The number of hydrogen-bond donors (Lipinski definition) is 1. The van der Waals surface area contributed by atoms with Gasteiger partial charge in [0, 0.05) is 32.5 Å². The van der Waals surface area contributed by atoms with Crippen LogP contribution >= 0.6 is 0 Å². The average Bonchev–Trinajstić information content (AvgIpc) is 2.71. The molecule has 0 saturated carbocycles. The van der Waals surface area contributed by atoms with E-state index in [1.807, 2.05) is 29.6 Å². The lowest BCUT2D eigenvalue weighted by molar-refractivity contribution is -0.142. The maximum absolute atomic E-state index is 11.0. The molecule has 1 N–H and O–H groups in total. The summed E-state index contributed by atoms with van der Waals surface area (Å²) in [6.07, 6.45) is 3.60. The summed E-state index contributed by atoms with van der Waals surface area (Å²) in [6, 6.07) is 0. The lowest BCUT2D eigenvalue weighted by Crippen LogP contribution is -2.25. The number of hydrogen-bond acceptors (Lipinski definition) is 3. The first kappa shape index (κ1) is 10.0. The number of carboxylic acids is 1. The van der Waals surface area contributed by atoms with Crippen molar-refractivity contribution in [1.29, 1.82) is 0 Å². The molecule has 0 spiro atoms. The van der Waals surface area contributed by atoms with E-state index in [0.717, 1.165) is 12.5 Å². The predicted octanol–water partition coefficient (Wildman–Crippen LogP) is 0.577. The Balaban J connectivity index is 2.16. The number of imidazole rings is 1. The van der Waals surface area contributed by atoms with Gasteiger partial charge in [0.1, 0.15) is 0 Å². The highest BCUT2D eigenvalue weighted by Crippen LogP contribution is 2.26. The van der Waals surface area contributed by atoms with Gasteiger partial charge in [-0.15, -0.1) is 0 Å². The van der Waals surface area contributed by atoms with Crippen molar-refractivity contribution >= 4 is 11.9 Å². The monoisotopic (exact) mass is 209 g/mol. The van der Waals surface area contributed by atoms with Crippen molar-refractivity contribution in [2.75, 3.05) is 18.0 Å². The van der Waals surface area contributed by atoms with E-state index in [2.05, 4.69) is 4.98 Å². The number of carbonyl (C=O) groups is 1. The third-order valence-corrected chi connectivity index (χ3v) is 3.01. The molecule has 0 amide bonds. The molecule has 0 radical (unpaired) electrons. The molecule has 1 aromatic heterocycles. The number of aryl methyl sites for hydroxylation is 1. The molecule has 0 bridgehead atoms. The maximum Gasteiger partial charge on any atom is 0.308 e. The van der Waals surface area contributed by atoms with Crippen molar-refractivity contribution < 1.29 is 9.90 Å². The zero-order valence-corrected chi connectivity index (χ0v) is 8.92. The summed E-state index contributed by atoms with van der Waals surface area (Å²) < 4.78 is 1.91. The van der Waals surface area contributed by atoms with Gasteiger partial charge in [0.2, 0.25) is 5.95 Å². The fourth-order valence-electron chi connectivity index (χ4n) is 2.11. The third kappa shape index (κ3) is 1.69. The highest BCUT2D eigenvalue weighted by atomic mass is 16.4. The van der Waals surface area contributed by atoms with Crippen LogP contribution in [-0.4, -0.2) is 33.7 Å². The first-order valence-corrected chi connectivity index (χ1v) is 5.04. The number of carboxylic acid groups (broad SMARTS) is 1. The van der Waals surface area contributed by atoms with Gasteiger partial charge in [-0.3, -0.25) is 4.79 Å². The van der Waals surface area contributed by atoms with Crippen LogP contribution in [0.15, 0.2) is 12.4 Å². The van der Waals surface area contributed by atoms with Crippen molar-refractivity contribution in [1.82, 2.24) is 9.55 Å². The van der Waals surface area contributed by atoms with Gasteiger partial charge in [-0.2, -0.15) is 0 Å². The molecule has 2 unspecified atom stereocenters. The SMILES string of the molecule is CC1CN(c2nccn2C)CC1C(=O)O. The van der Waals surface area contributed by atoms with Crippen molar-refractivity contribution in [3.05, 3.63) is 12.4 Å². The van der Waals surface area contributed by atoms with E-state index in [9.17, 15) is 4.79 Å². The molecule has 82 valence electrons. The quantitative estimate of drug-likeness (QED) is 0.774. The number of rotatable bonds is 2. The topological polar surface area (TPSA) is 58.4 Å². The Labute approximate surface area is 88.3 Å². The van der Waals surface area contributed by atoms with E-state index < -0.39 is 5.97 Å². The Morgan fingerprint density at radius 2 is 2.33 bits per heavy atom. The molecule has 15 heavy (non-hydrogen) atoms. The zero-order valence-electron chi connectivity index (χ0n) is 8.92. The van der Waals surface area contributed by atoms with Gasteiger partial charge in [0.25, 0.3) is 0 Å². The standard InChI is InChI=1S/C10H15N3O2/c1-7-5-13(6-8(7)9(14)15)10-11-3-4-12(10)2/h3-4,7-8H,5-6H2,1-2H3,(H,14,15). The molecule has 5 heteroatoms. The smallest absolute Gasteiger partial charge is 0.308 e. The predicted molar refractivity (Wildman–Crippen MR) is 55.7 cm³/mol. The van der Waals surface area contributed by atoms with E-state index in [-0.39, 0.29) is 11.8 Å². The van der Waals surface area contributed by atoms with Crippen LogP contribution in [0.5, 0.6) is 0 Å². The molecule has 1 aromatic rings. The summed E-state index contributed by atoms with van der Waals surface area (Å²) >= 11 is 0. The maximum atomic E-state index is 11.0. The number of anilines is 1. The molecule has 0 aromatic carbocycles. The van der Waals surface area contributed by atoms with Crippen LogP contribution in [0.1, 0.15) is 6.92 Å². The minimum atomic E-state index is -0.709. The fourth-order valence-corrected chi connectivity index (χ4v) is 2.11. The third-order valence-electron chi connectivity index (χ3n) is 3.01. The first-order chi connectivity index (χ1) is 7.09. The van der Waals surface area contributed by atoms with Crippen molar-refractivity contribution in [2.45, 2.75) is 6.92 Å². The molecule has 2 heterocycles. The van der Waals surface area contributed by atoms with E-state index in [1.165, 1.54) is 0 Å². The van der Waals surface area contributed by atoms with E-state index >= 15 is 0 Å². The molecule has 2 atom stereocenters. The summed E-state index contributed by atoms with van der Waals surface area (Å²) in [5.41, 5.74) is 0. The second kappa shape index (κ2) is 3.56. The molecule has 5 nitrogen and oxygen atoms in total. The second-order valence-corrected chi connectivity index (χ2v) is 4.17. The Hall–Kier alpha value is -1.52. The summed E-state index contributed by atoms with van der Waals surface area (Å²) in [4.78, 5) is 17.2. The van der Waals surface area contributed by atoms with Crippen LogP contribution in [0.2, 0.25) is 0 Å². The molecule has 0 aliphatic carbocycles. The van der Waals surface area contributed by atoms with Gasteiger partial charge in [-0.25, -0.2) is 4.98 Å². The Morgan fingerprint density at radius 1 is 1.60 bits per heavy atom. The number of nitrogens with zero attached hydrogens (tertiary/aromatic N) is 3. The molecule has 2 rings (SSSR count). The van der Waals surface area contributed by atoms with Crippen LogP contribution in [0.4, 0.5) is 5.95 Å². The number of aliphatic carboxylic acids is 1. The van der Waals surface area contributed by atoms with Gasteiger partial charge in [0.05, 0.1) is 5.92 Å². The lowest BCUT2D eigenvalue weighted by atomic mass is 9.99. The Kier molecular flexibility index (Phi) is 2.38. The van der Waals surface area contributed by atoms with Crippen LogP contribution < -0.4 is 4.90 Å². The Morgan fingerprint density at radius 3 is 2.80 bits per heavy atom. The summed E-state index contributed by atoms with van der Waals surface area (Å²) in [7, 11) is 1.92. The average molecular weight is 209 g/mol. The van der Waals surface area contributed by atoms with Gasteiger partial charge in [-0.1, -0.05) is 6.92 Å². The lowest BCUT2D eigenvalue weighted by Gasteiger charge is -2.16. The molecular formula is C10H15N3O2. The van der Waals surface area contributed by atoms with Crippen LogP contribution in [0.25, 0.3) is 0 Å². The highest BCUT2D eigenvalue weighted by Gasteiger charge is 2.35. The highest BCUT2D eigenvalue weighted by molar-refractivity contribution is 5.72. The summed E-state index contributed by atoms with van der Waals surface area (Å²) in [6.45, 7) is 3.30. The molecule has 1 aliphatic rings. The van der Waals surface area contributed by atoms with Gasteiger partial charge < -0.3 is 14.6 Å². The van der Waals surface area contributed by atoms with Gasteiger partial charge in [-0.05, 0) is 5.92 Å². The fraction of sp³-hybridized carbons (Fsp3) is 0.600. The molecule has 1 aliphatic heterocycles. The van der Waals surface area contributed by atoms with Crippen LogP contribution in [0.3, 0.4) is 0 Å². The molecular weight excluding hydrogens is 194 g/mol. The largest absolute Gasteiger partial charge is 0.481 e. The van der Waals surface area contributed by atoms with Gasteiger partial charge in [0.15, 0.2) is 0 Å².